The maximum Gasteiger partial charge on any atom is 0.249 e. The maximum atomic E-state index is 12.3. The number of likely N-dealkylation sites (tertiary alicyclic amines) is 2. The molecule has 0 aromatic heterocycles. The molecule has 0 unspecified atom stereocenters. The van der Waals surface area contributed by atoms with Crippen molar-refractivity contribution in [3.63, 3.8) is 0 Å². The second-order valence-corrected chi connectivity index (χ2v) is 9.36. The van der Waals surface area contributed by atoms with Gasteiger partial charge in [-0.3, -0.25) is 4.79 Å². The van der Waals surface area contributed by atoms with Crippen molar-refractivity contribution >= 4 is 16.7 Å². The van der Waals surface area contributed by atoms with Crippen LogP contribution in [0.15, 0.2) is 54.1 Å². The zero-order valence-electron chi connectivity index (χ0n) is 19.6. The van der Waals surface area contributed by atoms with Gasteiger partial charge in [-0.05, 0) is 80.8 Å². The monoisotopic (exact) mass is 434 g/mol. The van der Waals surface area contributed by atoms with Gasteiger partial charge in [0.1, 0.15) is 0 Å². The second kappa shape index (κ2) is 11.6. The van der Waals surface area contributed by atoms with E-state index in [-0.39, 0.29) is 5.91 Å². The van der Waals surface area contributed by atoms with Gasteiger partial charge in [0, 0.05) is 31.8 Å². The molecule has 2 aliphatic heterocycles. The molecule has 0 N–H and O–H groups in total. The summed E-state index contributed by atoms with van der Waals surface area (Å²) in [5, 5.41) is 2.69. The van der Waals surface area contributed by atoms with Crippen LogP contribution in [0.5, 0.6) is 0 Å². The number of ether oxygens (including phenoxy) is 1. The molecule has 0 aliphatic carbocycles. The first-order valence-corrected chi connectivity index (χ1v) is 12.5. The molecule has 0 spiro atoms. The van der Waals surface area contributed by atoms with Crippen LogP contribution in [-0.2, 0) is 9.53 Å². The molecular formula is C28H38N2O2. The third kappa shape index (κ3) is 6.20. The Morgan fingerprint density at radius 2 is 1.75 bits per heavy atom. The van der Waals surface area contributed by atoms with Crippen LogP contribution in [0.25, 0.3) is 10.8 Å². The molecule has 4 heteroatoms. The van der Waals surface area contributed by atoms with Gasteiger partial charge in [-0.2, -0.15) is 0 Å². The summed E-state index contributed by atoms with van der Waals surface area (Å²) in [6.07, 6.45) is 8.71. The zero-order chi connectivity index (χ0) is 22.2. The Labute approximate surface area is 193 Å². The summed E-state index contributed by atoms with van der Waals surface area (Å²) in [5.41, 5.74) is 2.36. The lowest BCUT2D eigenvalue weighted by Crippen LogP contribution is -2.34. The zero-order valence-corrected chi connectivity index (χ0v) is 19.6. The van der Waals surface area contributed by atoms with Crippen molar-refractivity contribution in [3.05, 3.63) is 59.7 Å². The van der Waals surface area contributed by atoms with E-state index in [0.717, 1.165) is 57.5 Å². The third-order valence-electron chi connectivity index (χ3n) is 7.04. The Hall–Kier alpha value is -2.17. The molecule has 0 bridgehead atoms. The Kier molecular flexibility index (Phi) is 8.36. The van der Waals surface area contributed by atoms with E-state index in [1.807, 2.05) is 17.9 Å². The molecule has 2 fully saturated rings. The van der Waals surface area contributed by atoms with Crippen LogP contribution in [0.3, 0.4) is 0 Å². The van der Waals surface area contributed by atoms with Crippen molar-refractivity contribution in [2.45, 2.75) is 51.4 Å². The smallest absolute Gasteiger partial charge is 0.249 e. The molecule has 2 aromatic carbocycles. The van der Waals surface area contributed by atoms with Gasteiger partial charge in [-0.1, -0.05) is 48.5 Å². The normalized spacial score (nSPS) is 18.5. The number of rotatable bonds is 9. The van der Waals surface area contributed by atoms with Gasteiger partial charge in [0.2, 0.25) is 5.91 Å². The quantitative estimate of drug-likeness (QED) is 0.392. The number of amides is 1. The van der Waals surface area contributed by atoms with Gasteiger partial charge in [-0.25, -0.2) is 0 Å². The topological polar surface area (TPSA) is 32.8 Å². The molecular weight excluding hydrogens is 396 g/mol. The lowest BCUT2D eigenvalue weighted by molar-refractivity contribution is -0.126. The molecule has 4 nitrogen and oxygen atoms in total. The van der Waals surface area contributed by atoms with Crippen LogP contribution in [0.4, 0.5) is 0 Å². The van der Waals surface area contributed by atoms with Crippen LogP contribution in [-0.4, -0.2) is 61.6 Å². The van der Waals surface area contributed by atoms with Crippen LogP contribution in [0.1, 0.15) is 56.9 Å². The summed E-state index contributed by atoms with van der Waals surface area (Å²) in [6.45, 7) is 8.75. The standard InChI is InChI=1S/C28H38N2O2/c1-23(28(31)30-16-4-5-17-30)8-6-20-32-21-7-15-29-18-13-25(14-19-29)27-12-11-24-9-2-3-10-26(24)22-27/h2-3,8-12,22,25H,4-7,13-21H2,1H3/b23-8+. The van der Waals surface area contributed by atoms with Gasteiger partial charge >= 0.3 is 0 Å². The van der Waals surface area contributed by atoms with E-state index >= 15 is 0 Å². The Morgan fingerprint density at radius 3 is 2.53 bits per heavy atom. The van der Waals surface area contributed by atoms with E-state index < -0.39 is 0 Å². The van der Waals surface area contributed by atoms with E-state index in [9.17, 15) is 4.79 Å². The second-order valence-electron chi connectivity index (χ2n) is 9.36. The van der Waals surface area contributed by atoms with Crippen LogP contribution in [0, 0.1) is 0 Å². The molecule has 0 saturated carbocycles. The van der Waals surface area contributed by atoms with E-state index in [0.29, 0.717) is 12.5 Å². The van der Waals surface area contributed by atoms with Gasteiger partial charge in [-0.15, -0.1) is 0 Å². The highest BCUT2D eigenvalue weighted by Gasteiger charge is 2.20. The van der Waals surface area contributed by atoms with Gasteiger partial charge in [0.25, 0.3) is 0 Å². The molecule has 2 aliphatic rings. The van der Waals surface area contributed by atoms with Crippen LogP contribution >= 0.6 is 0 Å². The van der Waals surface area contributed by atoms with Crippen molar-refractivity contribution in [2.75, 3.05) is 45.9 Å². The average Bonchev–Trinajstić information content (AvgIpc) is 3.38. The largest absolute Gasteiger partial charge is 0.381 e. The Balaban J connectivity index is 1.09. The summed E-state index contributed by atoms with van der Waals surface area (Å²) in [4.78, 5) is 16.8. The fourth-order valence-electron chi connectivity index (χ4n) is 5.06. The van der Waals surface area contributed by atoms with E-state index in [1.165, 1.54) is 42.3 Å². The highest BCUT2D eigenvalue weighted by atomic mass is 16.5. The summed E-state index contributed by atoms with van der Waals surface area (Å²) in [6, 6.07) is 15.6. The summed E-state index contributed by atoms with van der Waals surface area (Å²) < 4.78 is 5.82. The minimum Gasteiger partial charge on any atom is -0.381 e. The number of hydrogen-bond donors (Lipinski definition) is 0. The number of hydrogen-bond acceptors (Lipinski definition) is 3. The van der Waals surface area contributed by atoms with Crippen molar-refractivity contribution in [3.8, 4) is 0 Å². The average molecular weight is 435 g/mol. The SMILES string of the molecule is C/C(=C\CCOCCCN1CCC(c2ccc3ccccc3c2)CC1)C(=O)N1CCCC1. The van der Waals surface area contributed by atoms with Gasteiger partial charge < -0.3 is 14.5 Å². The lowest BCUT2D eigenvalue weighted by Gasteiger charge is -2.32. The molecule has 2 aromatic rings. The maximum absolute atomic E-state index is 12.3. The van der Waals surface area contributed by atoms with Gasteiger partial charge in [0.15, 0.2) is 0 Å². The summed E-state index contributed by atoms with van der Waals surface area (Å²) in [5.74, 6) is 0.889. The number of piperidine rings is 1. The molecule has 4 rings (SSSR count). The number of nitrogens with zero attached hydrogens (tertiary/aromatic N) is 2. The molecule has 1 amide bonds. The van der Waals surface area contributed by atoms with Crippen LogP contribution < -0.4 is 0 Å². The number of fused-ring (bicyclic) bond motifs is 1. The van der Waals surface area contributed by atoms with E-state index in [1.54, 1.807) is 0 Å². The summed E-state index contributed by atoms with van der Waals surface area (Å²) in [7, 11) is 0. The molecule has 2 saturated heterocycles. The third-order valence-corrected chi connectivity index (χ3v) is 7.04. The van der Waals surface area contributed by atoms with Crippen molar-refractivity contribution in [2.24, 2.45) is 0 Å². The minimum atomic E-state index is 0.203. The van der Waals surface area contributed by atoms with Gasteiger partial charge in [0.05, 0.1) is 6.61 Å². The highest BCUT2D eigenvalue weighted by molar-refractivity contribution is 5.92. The number of benzene rings is 2. The molecule has 0 radical (unpaired) electrons. The van der Waals surface area contributed by atoms with Crippen molar-refractivity contribution in [1.82, 2.24) is 9.80 Å². The predicted octanol–water partition coefficient (Wildman–Crippen LogP) is 5.38. The predicted molar refractivity (Wildman–Crippen MR) is 132 cm³/mol. The Bertz CT molecular complexity index is 909. The number of carbonyl (C=O) groups is 1. The van der Waals surface area contributed by atoms with E-state index in [4.69, 9.17) is 4.74 Å². The first-order valence-electron chi connectivity index (χ1n) is 12.5. The van der Waals surface area contributed by atoms with Crippen molar-refractivity contribution < 1.29 is 9.53 Å². The molecule has 32 heavy (non-hydrogen) atoms. The first-order chi connectivity index (χ1) is 15.7. The minimum absolute atomic E-state index is 0.203. The molecule has 0 atom stereocenters. The molecule has 2 heterocycles. The Morgan fingerprint density at radius 1 is 1.00 bits per heavy atom. The number of carbonyl (C=O) groups excluding carboxylic acids is 1. The fourth-order valence-corrected chi connectivity index (χ4v) is 5.06. The fraction of sp³-hybridized carbons (Fsp3) is 0.536. The first kappa shape index (κ1) is 23.0. The summed E-state index contributed by atoms with van der Waals surface area (Å²) >= 11 is 0. The van der Waals surface area contributed by atoms with Crippen LogP contribution in [0.2, 0.25) is 0 Å². The highest BCUT2D eigenvalue weighted by Crippen LogP contribution is 2.30. The van der Waals surface area contributed by atoms with E-state index in [2.05, 4.69) is 47.4 Å². The lowest BCUT2D eigenvalue weighted by atomic mass is 9.88. The molecule has 172 valence electrons. The van der Waals surface area contributed by atoms with Crippen molar-refractivity contribution in [1.29, 1.82) is 0 Å².